The van der Waals surface area contributed by atoms with Crippen molar-refractivity contribution in [2.24, 2.45) is 0 Å². The second-order valence-corrected chi connectivity index (χ2v) is 7.75. The number of nitrogens with one attached hydrogen (secondary N) is 1. The largest absolute Gasteiger partial charge is 0.573 e. The molecule has 0 bridgehead atoms. The van der Waals surface area contributed by atoms with E-state index in [9.17, 15) is 21.9 Å². The molecule has 158 valence electrons. The van der Waals surface area contributed by atoms with Gasteiger partial charge in [-0.05, 0) is 54.7 Å². The van der Waals surface area contributed by atoms with Crippen LogP contribution in [0.3, 0.4) is 0 Å². The van der Waals surface area contributed by atoms with Crippen molar-refractivity contribution in [2.75, 3.05) is 4.31 Å². The number of alkyl halides is 3. The van der Waals surface area contributed by atoms with Crippen LogP contribution in [0.2, 0.25) is 0 Å². The lowest BCUT2D eigenvalue weighted by Gasteiger charge is -2.32. The van der Waals surface area contributed by atoms with Gasteiger partial charge in [-0.2, -0.15) is 5.10 Å². The van der Waals surface area contributed by atoms with E-state index in [4.69, 9.17) is 0 Å². The molecular formula is C20H18F3N3O3S. The standard InChI is InChI=1S/C20H18F3N3O3S/c21-20(22,23)29-16-4-1-3-14(11-16)13-7-9-15(10-8-13)26(30(27)28)19-6-2-5-18-17(19)12-24-25-18/h1,3-4,7-12,19H,2,5-6H2,(H,24,25)(H,27,28). The molecule has 1 aliphatic carbocycles. The molecule has 1 heterocycles. The van der Waals surface area contributed by atoms with Crippen LogP contribution >= 0.6 is 0 Å². The highest BCUT2D eigenvalue weighted by Crippen LogP contribution is 2.38. The lowest BCUT2D eigenvalue weighted by atomic mass is 9.93. The first kappa shape index (κ1) is 20.4. The SMILES string of the molecule is O=S(O)N(c1ccc(-c2cccc(OC(F)(F)F)c2)cc1)C1CCCc2[nH]ncc21. The minimum atomic E-state index is -4.76. The molecule has 30 heavy (non-hydrogen) atoms. The van der Waals surface area contributed by atoms with Crippen LogP contribution < -0.4 is 9.04 Å². The second-order valence-electron chi connectivity index (χ2n) is 6.89. The maximum Gasteiger partial charge on any atom is 0.573 e. The molecule has 2 atom stereocenters. The van der Waals surface area contributed by atoms with Crippen molar-refractivity contribution in [1.82, 2.24) is 10.2 Å². The van der Waals surface area contributed by atoms with Crippen LogP contribution in [-0.4, -0.2) is 25.3 Å². The Morgan fingerprint density at radius 1 is 1.17 bits per heavy atom. The summed E-state index contributed by atoms with van der Waals surface area (Å²) < 4.78 is 64.9. The van der Waals surface area contributed by atoms with Crippen molar-refractivity contribution >= 4 is 17.0 Å². The molecule has 1 aliphatic rings. The summed E-state index contributed by atoms with van der Waals surface area (Å²) in [4.78, 5) is 0. The van der Waals surface area contributed by atoms with E-state index in [2.05, 4.69) is 14.9 Å². The summed E-state index contributed by atoms with van der Waals surface area (Å²) in [5, 5.41) is 6.99. The molecule has 10 heteroatoms. The van der Waals surface area contributed by atoms with E-state index in [1.54, 1.807) is 36.5 Å². The lowest BCUT2D eigenvalue weighted by molar-refractivity contribution is -0.274. The number of hydrogen-bond donors (Lipinski definition) is 2. The molecule has 0 radical (unpaired) electrons. The first-order chi connectivity index (χ1) is 14.3. The number of anilines is 1. The zero-order chi connectivity index (χ0) is 21.3. The number of aromatic amines is 1. The molecule has 0 fully saturated rings. The fourth-order valence-electron chi connectivity index (χ4n) is 3.73. The minimum Gasteiger partial charge on any atom is -0.406 e. The third kappa shape index (κ3) is 4.34. The molecule has 0 saturated heterocycles. The van der Waals surface area contributed by atoms with Crippen LogP contribution in [-0.2, 0) is 17.7 Å². The molecule has 2 aromatic carbocycles. The summed E-state index contributed by atoms with van der Waals surface area (Å²) in [5.41, 5.74) is 3.57. The van der Waals surface area contributed by atoms with Crippen LogP contribution in [0, 0.1) is 0 Å². The number of rotatable bonds is 5. The predicted molar refractivity (Wildman–Crippen MR) is 106 cm³/mol. The van der Waals surface area contributed by atoms with Crippen molar-refractivity contribution in [3.05, 3.63) is 66.0 Å². The third-order valence-electron chi connectivity index (χ3n) is 4.99. The summed E-state index contributed by atoms with van der Waals surface area (Å²) in [7, 11) is 0. The summed E-state index contributed by atoms with van der Waals surface area (Å²) in [6, 6.07) is 12.1. The number of aryl methyl sites for hydroxylation is 1. The van der Waals surface area contributed by atoms with Gasteiger partial charge in [-0.25, -0.2) is 4.21 Å². The van der Waals surface area contributed by atoms with Crippen LogP contribution in [0.4, 0.5) is 18.9 Å². The van der Waals surface area contributed by atoms with E-state index in [0.29, 0.717) is 23.2 Å². The normalized spacial score (nSPS) is 17.3. The number of H-pyrrole nitrogens is 1. The van der Waals surface area contributed by atoms with Gasteiger partial charge in [-0.1, -0.05) is 24.3 Å². The van der Waals surface area contributed by atoms with Crippen molar-refractivity contribution in [2.45, 2.75) is 31.7 Å². The van der Waals surface area contributed by atoms with E-state index < -0.39 is 17.6 Å². The van der Waals surface area contributed by atoms with Gasteiger partial charge in [-0.15, -0.1) is 13.2 Å². The van der Waals surface area contributed by atoms with E-state index >= 15 is 0 Å². The third-order valence-corrected chi connectivity index (χ3v) is 5.79. The van der Waals surface area contributed by atoms with E-state index in [-0.39, 0.29) is 11.8 Å². The van der Waals surface area contributed by atoms with Gasteiger partial charge in [0.05, 0.1) is 17.9 Å². The van der Waals surface area contributed by atoms with Crippen LogP contribution in [0.1, 0.15) is 30.1 Å². The van der Waals surface area contributed by atoms with Gasteiger partial charge >= 0.3 is 6.36 Å². The monoisotopic (exact) mass is 437 g/mol. The number of nitrogens with zero attached hydrogens (tertiary/aromatic N) is 2. The molecule has 0 spiro atoms. The number of hydrogen-bond acceptors (Lipinski definition) is 3. The second kappa shape index (κ2) is 8.11. The maximum atomic E-state index is 12.5. The number of ether oxygens (including phenoxy) is 1. The van der Waals surface area contributed by atoms with Gasteiger partial charge < -0.3 is 4.74 Å². The molecule has 1 aromatic heterocycles. The Labute approximate surface area is 173 Å². The van der Waals surface area contributed by atoms with Crippen LogP contribution in [0.5, 0.6) is 5.75 Å². The van der Waals surface area contributed by atoms with Gasteiger partial charge in [0, 0.05) is 11.3 Å². The van der Waals surface area contributed by atoms with Gasteiger partial charge in [0.2, 0.25) is 0 Å². The Balaban J connectivity index is 1.61. The summed E-state index contributed by atoms with van der Waals surface area (Å²) in [6.45, 7) is 0. The van der Waals surface area contributed by atoms with Crippen molar-refractivity contribution < 1.29 is 26.7 Å². The summed E-state index contributed by atoms with van der Waals surface area (Å²) in [5.74, 6) is -0.308. The molecule has 6 nitrogen and oxygen atoms in total. The Hall–Kier alpha value is -2.85. The highest BCUT2D eigenvalue weighted by atomic mass is 32.2. The van der Waals surface area contributed by atoms with Gasteiger partial charge in [-0.3, -0.25) is 14.0 Å². The fourth-order valence-corrected chi connectivity index (χ4v) is 4.47. The van der Waals surface area contributed by atoms with Crippen LogP contribution in [0.25, 0.3) is 11.1 Å². The van der Waals surface area contributed by atoms with E-state index in [1.165, 1.54) is 22.5 Å². The topological polar surface area (TPSA) is 78.5 Å². The highest BCUT2D eigenvalue weighted by molar-refractivity contribution is 7.80. The minimum absolute atomic E-state index is 0.298. The first-order valence-electron chi connectivity index (χ1n) is 9.20. The smallest absolute Gasteiger partial charge is 0.406 e. The van der Waals surface area contributed by atoms with Gasteiger partial charge in [0.1, 0.15) is 5.75 Å². The quantitative estimate of drug-likeness (QED) is 0.551. The molecule has 0 aliphatic heterocycles. The number of fused-ring (bicyclic) bond motifs is 1. The molecule has 2 N–H and O–H groups in total. The molecule has 0 amide bonds. The van der Waals surface area contributed by atoms with Gasteiger partial charge in [0.25, 0.3) is 11.3 Å². The van der Waals surface area contributed by atoms with E-state index in [0.717, 1.165) is 24.1 Å². The average molecular weight is 437 g/mol. The highest BCUT2D eigenvalue weighted by Gasteiger charge is 2.32. The Kier molecular flexibility index (Phi) is 5.52. The zero-order valence-corrected chi connectivity index (χ0v) is 16.4. The van der Waals surface area contributed by atoms with Crippen molar-refractivity contribution in [1.29, 1.82) is 0 Å². The van der Waals surface area contributed by atoms with Gasteiger partial charge in [0.15, 0.2) is 0 Å². The van der Waals surface area contributed by atoms with Crippen molar-refractivity contribution in [3.8, 4) is 16.9 Å². The molecule has 0 saturated carbocycles. The maximum absolute atomic E-state index is 12.5. The fraction of sp³-hybridized carbons (Fsp3) is 0.250. The number of halogens is 3. The Bertz CT molecular complexity index is 1050. The summed E-state index contributed by atoms with van der Waals surface area (Å²) >= 11 is -2.26. The molecule has 2 unspecified atom stereocenters. The lowest BCUT2D eigenvalue weighted by Crippen LogP contribution is -2.32. The molecule has 3 aromatic rings. The number of benzene rings is 2. The predicted octanol–water partition coefficient (Wildman–Crippen LogP) is 5.00. The van der Waals surface area contributed by atoms with Crippen LogP contribution in [0.15, 0.2) is 54.7 Å². The van der Waals surface area contributed by atoms with E-state index in [1.807, 2.05) is 0 Å². The van der Waals surface area contributed by atoms with Crippen molar-refractivity contribution in [3.63, 3.8) is 0 Å². The number of aromatic nitrogens is 2. The molecular weight excluding hydrogens is 419 g/mol. The zero-order valence-electron chi connectivity index (χ0n) is 15.6. The average Bonchev–Trinajstić information content (AvgIpc) is 3.17. The Morgan fingerprint density at radius 3 is 2.63 bits per heavy atom. The first-order valence-corrected chi connectivity index (χ1v) is 10.3. The Morgan fingerprint density at radius 2 is 1.93 bits per heavy atom. The summed E-state index contributed by atoms with van der Waals surface area (Å²) in [6.07, 6.45) is -0.679. The molecule has 4 rings (SSSR count).